The number of aromatic nitrogens is 1. The average Bonchev–Trinajstić information content (AvgIpc) is 2.52. The first-order chi connectivity index (χ1) is 11.7. The molecule has 1 aromatic heterocycles. The minimum Gasteiger partial charge on any atom is -0.491 e. The zero-order valence-corrected chi connectivity index (χ0v) is 14.4. The molecule has 0 atom stereocenters. The van der Waals surface area contributed by atoms with Gasteiger partial charge in [-0.1, -0.05) is 0 Å². The van der Waals surface area contributed by atoms with E-state index in [1.54, 1.807) is 39.0 Å². The van der Waals surface area contributed by atoms with Gasteiger partial charge in [-0.15, -0.1) is 0 Å². The molecule has 25 heavy (non-hydrogen) atoms. The smallest absolute Gasteiger partial charge is 0.337 e. The van der Waals surface area contributed by atoms with Crippen LogP contribution in [0.15, 0.2) is 30.5 Å². The Morgan fingerprint density at radius 1 is 1.16 bits per heavy atom. The van der Waals surface area contributed by atoms with Crippen molar-refractivity contribution in [1.29, 1.82) is 0 Å². The minimum atomic E-state index is -1.03. The van der Waals surface area contributed by atoms with Crippen LogP contribution in [0.5, 0.6) is 5.75 Å². The van der Waals surface area contributed by atoms with Crippen molar-refractivity contribution in [2.24, 2.45) is 0 Å². The first-order valence-corrected chi connectivity index (χ1v) is 7.80. The highest BCUT2D eigenvalue weighted by Gasteiger charge is 2.15. The second kappa shape index (κ2) is 7.94. The zero-order valence-electron chi connectivity index (χ0n) is 14.4. The van der Waals surface area contributed by atoms with Crippen molar-refractivity contribution in [2.45, 2.75) is 26.4 Å². The molecule has 0 amide bonds. The lowest BCUT2D eigenvalue weighted by atomic mass is 10.1. The van der Waals surface area contributed by atoms with Crippen LogP contribution in [0, 0.1) is 0 Å². The van der Waals surface area contributed by atoms with E-state index in [1.807, 2.05) is 0 Å². The van der Waals surface area contributed by atoms with E-state index in [9.17, 15) is 9.59 Å². The number of pyridine rings is 1. The van der Waals surface area contributed by atoms with E-state index in [-0.39, 0.29) is 25.4 Å². The van der Waals surface area contributed by atoms with Gasteiger partial charge in [0.25, 0.3) is 0 Å². The number of carboxylic acids is 1. The number of nitrogens with zero attached hydrogens (tertiary/aromatic N) is 1. The fourth-order valence-corrected chi connectivity index (χ4v) is 2.06. The Bertz CT molecular complexity index is 766. The van der Waals surface area contributed by atoms with Crippen molar-refractivity contribution in [3.8, 4) is 5.75 Å². The molecule has 0 fully saturated rings. The monoisotopic (exact) mass is 347 g/mol. The molecule has 0 aliphatic rings. The van der Waals surface area contributed by atoms with Crippen molar-refractivity contribution >= 4 is 22.8 Å². The van der Waals surface area contributed by atoms with E-state index >= 15 is 0 Å². The Morgan fingerprint density at radius 3 is 2.60 bits per heavy atom. The Morgan fingerprint density at radius 2 is 1.92 bits per heavy atom. The molecular formula is C18H21NO6. The maximum atomic E-state index is 11.5. The summed E-state index contributed by atoms with van der Waals surface area (Å²) >= 11 is 0. The quantitative estimate of drug-likeness (QED) is 0.608. The third-order valence-corrected chi connectivity index (χ3v) is 3.04. The number of hydrogen-bond acceptors (Lipinski definition) is 6. The van der Waals surface area contributed by atoms with Gasteiger partial charge in [-0.25, -0.2) is 9.59 Å². The molecule has 7 heteroatoms. The van der Waals surface area contributed by atoms with Crippen molar-refractivity contribution in [2.75, 3.05) is 19.8 Å². The van der Waals surface area contributed by atoms with Crippen molar-refractivity contribution in [1.82, 2.24) is 4.98 Å². The molecule has 1 heterocycles. The molecule has 7 nitrogen and oxygen atoms in total. The average molecular weight is 347 g/mol. The van der Waals surface area contributed by atoms with Gasteiger partial charge in [-0.05, 0) is 45.0 Å². The van der Waals surface area contributed by atoms with Crippen LogP contribution in [0.4, 0.5) is 0 Å². The van der Waals surface area contributed by atoms with Gasteiger partial charge in [0, 0.05) is 11.6 Å². The molecule has 0 aliphatic heterocycles. The summed E-state index contributed by atoms with van der Waals surface area (Å²) in [6.07, 6.45) is 1.32. The number of rotatable bonds is 7. The Hall–Kier alpha value is -2.67. The highest BCUT2D eigenvalue weighted by atomic mass is 16.6. The number of esters is 1. The lowest BCUT2D eigenvalue weighted by molar-refractivity contribution is -0.160. The highest BCUT2D eigenvalue weighted by Crippen LogP contribution is 2.20. The second-order valence-electron chi connectivity index (χ2n) is 6.37. The van der Waals surface area contributed by atoms with E-state index in [4.69, 9.17) is 19.3 Å². The lowest BCUT2D eigenvalue weighted by Gasteiger charge is -2.19. The molecule has 0 unspecified atom stereocenters. The van der Waals surface area contributed by atoms with E-state index < -0.39 is 17.5 Å². The molecule has 0 aliphatic carbocycles. The highest BCUT2D eigenvalue weighted by molar-refractivity contribution is 5.92. The third kappa shape index (κ3) is 6.04. The van der Waals surface area contributed by atoms with Crippen LogP contribution in [0.3, 0.4) is 0 Å². The van der Waals surface area contributed by atoms with Crippen LogP contribution in [0.2, 0.25) is 0 Å². The van der Waals surface area contributed by atoms with Crippen LogP contribution >= 0.6 is 0 Å². The molecule has 2 rings (SSSR count). The van der Waals surface area contributed by atoms with Crippen LogP contribution in [0.25, 0.3) is 10.9 Å². The number of benzene rings is 1. The number of aromatic carboxylic acids is 1. The standard InChI is InChI=1S/C18H21NO6/c1-18(2,3)25-16(20)11-23-6-7-24-14-4-5-15-12(9-14)8-13(10-19-15)17(21)22/h4-5,8-10H,6-7,11H2,1-3H3,(H,21,22). The second-order valence-corrected chi connectivity index (χ2v) is 6.37. The van der Waals surface area contributed by atoms with Gasteiger partial charge in [0.1, 0.15) is 24.6 Å². The molecule has 0 spiro atoms. The molecular weight excluding hydrogens is 326 g/mol. The van der Waals surface area contributed by atoms with Crippen molar-refractivity contribution < 1.29 is 28.9 Å². The molecule has 0 radical (unpaired) electrons. The Kier molecular flexibility index (Phi) is 5.93. The summed E-state index contributed by atoms with van der Waals surface area (Å²) in [6.45, 7) is 5.71. The van der Waals surface area contributed by atoms with Crippen molar-refractivity contribution in [3.05, 3.63) is 36.0 Å². The number of carbonyl (C=O) groups excluding carboxylic acids is 1. The van der Waals surface area contributed by atoms with Crippen LogP contribution < -0.4 is 4.74 Å². The maximum absolute atomic E-state index is 11.5. The van der Waals surface area contributed by atoms with Gasteiger partial charge >= 0.3 is 11.9 Å². The van der Waals surface area contributed by atoms with Gasteiger partial charge in [0.05, 0.1) is 17.7 Å². The zero-order chi connectivity index (χ0) is 18.4. The van der Waals surface area contributed by atoms with Crippen LogP contribution in [-0.2, 0) is 14.3 Å². The fraction of sp³-hybridized carbons (Fsp3) is 0.389. The lowest BCUT2D eigenvalue weighted by Crippen LogP contribution is -2.27. The number of carboxylic acid groups (broad SMARTS) is 1. The topological polar surface area (TPSA) is 95.0 Å². The number of hydrogen-bond donors (Lipinski definition) is 1. The normalized spacial score (nSPS) is 11.3. The summed E-state index contributed by atoms with van der Waals surface area (Å²) in [6, 6.07) is 6.74. The molecule has 0 bridgehead atoms. The Balaban J connectivity index is 1.83. The molecule has 134 valence electrons. The van der Waals surface area contributed by atoms with Gasteiger partial charge in [0.2, 0.25) is 0 Å². The first kappa shape index (κ1) is 18.7. The van der Waals surface area contributed by atoms with Crippen molar-refractivity contribution in [3.63, 3.8) is 0 Å². The minimum absolute atomic E-state index is 0.116. The van der Waals surface area contributed by atoms with Crippen LogP contribution in [0.1, 0.15) is 31.1 Å². The molecule has 1 N–H and O–H groups in total. The summed E-state index contributed by atoms with van der Waals surface area (Å²) in [5.41, 5.74) is 0.258. The number of carbonyl (C=O) groups is 2. The molecule has 2 aromatic rings. The number of ether oxygens (including phenoxy) is 3. The summed E-state index contributed by atoms with van der Waals surface area (Å²) in [7, 11) is 0. The third-order valence-electron chi connectivity index (χ3n) is 3.04. The van der Waals surface area contributed by atoms with E-state index in [1.165, 1.54) is 12.3 Å². The summed E-state index contributed by atoms with van der Waals surface area (Å²) in [5.74, 6) is -0.889. The summed E-state index contributed by atoms with van der Waals surface area (Å²) in [4.78, 5) is 26.6. The van der Waals surface area contributed by atoms with Gasteiger partial charge in [-0.3, -0.25) is 4.98 Å². The predicted molar refractivity (Wildman–Crippen MR) is 90.9 cm³/mol. The van der Waals surface area contributed by atoms with Gasteiger partial charge in [0.15, 0.2) is 0 Å². The SMILES string of the molecule is CC(C)(C)OC(=O)COCCOc1ccc2ncc(C(=O)O)cc2c1. The predicted octanol–water partition coefficient (Wildman–Crippen LogP) is 2.67. The first-order valence-electron chi connectivity index (χ1n) is 7.80. The van der Waals surface area contributed by atoms with E-state index in [0.29, 0.717) is 16.7 Å². The number of fused-ring (bicyclic) bond motifs is 1. The van der Waals surface area contributed by atoms with Crippen LogP contribution in [-0.4, -0.2) is 47.5 Å². The van der Waals surface area contributed by atoms with Gasteiger partial charge in [-0.2, -0.15) is 0 Å². The maximum Gasteiger partial charge on any atom is 0.337 e. The molecule has 0 saturated heterocycles. The largest absolute Gasteiger partial charge is 0.491 e. The summed E-state index contributed by atoms with van der Waals surface area (Å²) in [5, 5.41) is 9.68. The molecule has 0 saturated carbocycles. The van der Waals surface area contributed by atoms with E-state index in [0.717, 1.165) is 0 Å². The Labute approximate surface area is 145 Å². The molecule has 1 aromatic carbocycles. The van der Waals surface area contributed by atoms with E-state index in [2.05, 4.69) is 4.98 Å². The van der Waals surface area contributed by atoms with Gasteiger partial charge < -0.3 is 19.3 Å². The summed E-state index contributed by atoms with van der Waals surface area (Å²) < 4.78 is 15.9. The fourth-order valence-electron chi connectivity index (χ4n) is 2.06.